The number of rotatable bonds is 3. The second-order valence-electron chi connectivity index (χ2n) is 4.96. The summed E-state index contributed by atoms with van der Waals surface area (Å²) in [6, 6.07) is 7.08. The highest BCUT2D eigenvalue weighted by Crippen LogP contribution is 2.19. The van der Waals surface area contributed by atoms with Crippen LogP contribution in [-0.4, -0.2) is 24.9 Å². The molecular weight excluding hydrogens is 316 g/mol. The summed E-state index contributed by atoms with van der Waals surface area (Å²) >= 11 is 6.04. The number of nitrogens with zero attached hydrogens (tertiary/aromatic N) is 3. The SMILES string of the molecule is O=c1[nH]c(CNc2ncnc3[nH]ccc23)nc2cccc(Cl)c12. The maximum Gasteiger partial charge on any atom is 0.260 e. The maximum atomic E-state index is 12.2. The van der Waals surface area contributed by atoms with Gasteiger partial charge in [0.05, 0.1) is 27.9 Å². The summed E-state index contributed by atoms with van der Waals surface area (Å²) in [6.45, 7) is 0.328. The number of nitrogens with one attached hydrogen (secondary N) is 3. The molecule has 0 aliphatic heterocycles. The Morgan fingerprint density at radius 3 is 3.04 bits per heavy atom. The number of aromatic nitrogens is 5. The Hall–Kier alpha value is -2.93. The van der Waals surface area contributed by atoms with Gasteiger partial charge in [0.25, 0.3) is 5.56 Å². The largest absolute Gasteiger partial charge is 0.362 e. The Morgan fingerprint density at radius 2 is 2.13 bits per heavy atom. The van der Waals surface area contributed by atoms with Crippen molar-refractivity contribution in [2.45, 2.75) is 6.54 Å². The average Bonchev–Trinajstić information content (AvgIpc) is 3.02. The summed E-state index contributed by atoms with van der Waals surface area (Å²) in [5.74, 6) is 1.18. The molecule has 0 saturated heterocycles. The second kappa shape index (κ2) is 5.36. The van der Waals surface area contributed by atoms with Gasteiger partial charge in [-0.1, -0.05) is 17.7 Å². The number of anilines is 1. The summed E-state index contributed by atoms with van der Waals surface area (Å²) in [5, 5.41) is 4.82. The Kier molecular flexibility index (Phi) is 3.20. The van der Waals surface area contributed by atoms with Crippen molar-refractivity contribution < 1.29 is 0 Å². The summed E-state index contributed by atoms with van der Waals surface area (Å²) in [4.78, 5) is 30.7. The van der Waals surface area contributed by atoms with E-state index in [2.05, 4.69) is 30.2 Å². The summed E-state index contributed by atoms with van der Waals surface area (Å²) in [6.07, 6.45) is 3.26. The maximum absolute atomic E-state index is 12.2. The third-order valence-electron chi connectivity index (χ3n) is 3.51. The third kappa shape index (κ3) is 2.40. The van der Waals surface area contributed by atoms with Crippen molar-refractivity contribution in [3.63, 3.8) is 0 Å². The lowest BCUT2D eigenvalue weighted by Gasteiger charge is -2.07. The van der Waals surface area contributed by atoms with Crippen LogP contribution in [-0.2, 0) is 6.54 Å². The fraction of sp³-hybridized carbons (Fsp3) is 0.0667. The Bertz CT molecular complexity index is 1070. The zero-order valence-electron chi connectivity index (χ0n) is 11.8. The van der Waals surface area contributed by atoms with Gasteiger partial charge in [0.2, 0.25) is 0 Å². The molecule has 0 spiro atoms. The van der Waals surface area contributed by atoms with Crippen molar-refractivity contribution in [3.05, 3.63) is 58.0 Å². The number of H-pyrrole nitrogens is 2. The second-order valence-corrected chi connectivity index (χ2v) is 5.37. The molecule has 3 N–H and O–H groups in total. The van der Waals surface area contributed by atoms with Gasteiger partial charge < -0.3 is 15.3 Å². The van der Waals surface area contributed by atoms with Crippen LogP contribution in [0.5, 0.6) is 0 Å². The highest BCUT2D eigenvalue weighted by molar-refractivity contribution is 6.35. The number of fused-ring (bicyclic) bond motifs is 2. The minimum atomic E-state index is -0.258. The summed E-state index contributed by atoms with van der Waals surface area (Å²) in [7, 11) is 0. The van der Waals surface area contributed by atoms with Crippen molar-refractivity contribution in [1.82, 2.24) is 24.9 Å². The van der Waals surface area contributed by atoms with E-state index in [1.165, 1.54) is 6.33 Å². The highest BCUT2D eigenvalue weighted by Gasteiger charge is 2.08. The number of hydrogen-bond donors (Lipinski definition) is 3. The van der Waals surface area contributed by atoms with E-state index >= 15 is 0 Å². The molecule has 114 valence electrons. The summed E-state index contributed by atoms with van der Waals surface area (Å²) in [5.41, 5.74) is 1.05. The van der Waals surface area contributed by atoms with Crippen LogP contribution in [0.15, 0.2) is 41.6 Å². The number of hydrogen-bond acceptors (Lipinski definition) is 5. The summed E-state index contributed by atoms with van der Waals surface area (Å²) < 4.78 is 0. The topological polar surface area (TPSA) is 99.4 Å². The van der Waals surface area contributed by atoms with Crippen LogP contribution in [0.25, 0.3) is 21.9 Å². The predicted octanol–water partition coefficient (Wildman–Crippen LogP) is 2.46. The van der Waals surface area contributed by atoms with Gasteiger partial charge in [-0.05, 0) is 18.2 Å². The molecule has 4 aromatic rings. The smallest absolute Gasteiger partial charge is 0.260 e. The van der Waals surface area contributed by atoms with Gasteiger partial charge in [0.1, 0.15) is 23.6 Å². The molecule has 0 saturated carbocycles. The van der Waals surface area contributed by atoms with E-state index in [0.717, 1.165) is 11.0 Å². The Morgan fingerprint density at radius 1 is 1.22 bits per heavy atom. The van der Waals surface area contributed by atoms with E-state index in [1.807, 2.05) is 6.07 Å². The molecule has 0 radical (unpaired) electrons. The molecule has 3 aromatic heterocycles. The third-order valence-corrected chi connectivity index (χ3v) is 3.82. The minimum absolute atomic E-state index is 0.258. The minimum Gasteiger partial charge on any atom is -0.362 e. The lowest BCUT2D eigenvalue weighted by molar-refractivity contribution is 0.946. The molecule has 4 rings (SSSR count). The molecule has 0 unspecified atom stereocenters. The number of benzene rings is 1. The van der Waals surface area contributed by atoms with Crippen LogP contribution >= 0.6 is 11.6 Å². The zero-order valence-corrected chi connectivity index (χ0v) is 12.6. The van der Waals surface area contributed by atoms with Gasteiger partial charge in [-0.25, -0.2) is 15.0 Å². The average molecular weight is 327 g/mol. The first-order valence-corrected chi connectivity index (χ1v) is 7.29. The molecule has 23 heavy (non-hydrogen) atoms. The van der Waals surface area contributed by atoms with E-state index in [-0.39, 0.29) is 5.56 Å². The monoisotopic (exact) mass is 326 g/mol. The van der Waals surface area contributed by atoms with Gasteiger partial charge in [0.15, 0.2) is 0 Å². The van der Waals surface area contributed by atoms with Crippen LogP contribution < -0.4 is 10.9 Å². The first-order valence-electron chi connectivity index (χ1n) is 6.92. The lowest BCUT2D eigenvalue weighted by Crippen LogP contribution is -2.15. The van der Waals surface area contributed by atoms with E-state index < -0.39 is 0 Å². The molecule has 3 heterocycles. The molecule has 0 atom stereocenters. The number of halogens is 1. The quantitative estimate of drug-likeness (QED) is 0.537. The van der Waals surface area contributed by atoms with Gasteiger partial charge in [-0.15, -0.1) is 0 Å². The first-order chi connectivity index (χ1) is 11.2. The molecule has 0 aliphatic rings. The fourth-order valence-electron chi connectivity index (χ4n) is 2.46. The van der Waals surface area contributed by atoms with Gasteiger partial charge in [-0.3, -0.25) is 4.79 Å². The number of aromatic amines is 2. The van der Waals surface area contributed by atoms with Crippen molar-refractivity contribution in [3.8, 4) is 0 Å². The Balaban J connectivity index is 1.68. The predicted molar refractivity (Wildman–Crippen MR) is 88.6 cm³/mol. The van der Waals surface area contributed by atoms with Crippen LogP contribution in [0.3, 0.4) is 0 Å². The molecule has 8 heteroatoms. The van der Waals surface area contributed by atoms with Gasteiger partial charge in [0, 0.05) is 6.20 Å². The van der Waals surface area contributed by atoms with Gasteiger partial charge in [-0.2, -0.15) is 0 Å². The standard InChI is InChI=1S/C15H11ClN6O/c16-9-2-1-3-10-12(9)15(23)22-11(21-10)6-18-14-8-4-5-17-13(8)19-7-20-14/h1-5,7H,6H2,(H,21,22,23)(H2,17,18,19,20). The van der Waals surface area contributed by atoms with Crippen LogP contribution in [0, 0.1) is 0 Å². The van der Waals surface area contributed by atoms with Crippen LogP contribution in [0.1, 0.15) is 5.82 Å². The van der Waals surface area contributed by atoms with E-state index in [9.17, 15) is 4.79 Å². The molecule has 1 aromatic carbocycles. The van der Waals surface area contributed by atoms with Crippen molar-refractivity contribution in [1.29, 1.82) is 0 Å². The van der Waals surface area contributed by atoms with Crippen molar-refractivity contribution >= 4 is 39.4 Å². The first kappa shape index (κ1) is 13.7. The molecule has 0 aliphatic carbocycles. The van der Waals surface area contributed by atoms with Gasteiger partial charge >= 0.3 is 0 Å². The van der Waals surface area contributed by atoms with E-state index in [1.54, 1.807) is 24.4 Å². The van der Waals surface area contributed by atoms with Crippen LogP contribution in [0.4, 0.5) is 5.82 Å². The molecule has 0 fully saturated rings. The molecular formula is C15H11ClN6O. The Labute approximate surface area is 134 Å². The van der Waals surface area contributed by atoms with Crippen molar-refractivity contribution in [2.75, 3.05) is 5.32 Å². The van der Waals surface area contributed by atoms with Crippen molar-refractivity contribution in [2.24, 2.45) is 0 Å². The van der Waals surface area contributed by atoms with E-state index in [4.69, 9.17) is 11.6 Å². The lowest BCUT2D eigenvalue weighted by atomic mass is 10.2. The normalized spacial score (nSPS) is 11.2. The molecule has 0 bridgehead atoms. The van der Waals surface area contributed by atoms with Crippen LogP contribution in [0.2, 0.25) is 5.02 Å². The zero-order chi connectivity index (χ0) is 15.8. The van der Waals surface area contributed by atoms with E-state index in [0.29, 0.717) is 34.1 Å². The molecule has 7 nitrogen and oxygen atoms in total. The fourth-order valence-corrected chi connectivity index (χ4v) is 2.72. The highest BCUT2D eigenvalue weighted by atomic mass is 35.5. The molecule has 0 amide bonds.